The minimum absolute atomic E-state index is 0.0821. The molecule has 1 atom stereocenters. The van der Waals surface area contributed by atoms with E-state index in [1.165, 1.54) is 0 Å². The Morgan fingerprint density at radius 1 is 1.31 bits per heavy atom. The van der Waals surface area contributed by atoms with Crippen molar-refractivity contribution in [2.75, 3.05) is 32.7 Å². The zero-order chi connectivity index (χ0) is 12.1. The molecule has 0 saturated carbocycles. The molecule has 0 aromatic heterocycles. The monoisotopic (exact) mass is 229 g/mol. The van der Waals surface area contributed by atoms with E-state index in [2.05, 4.69) is 10.2 Å². The van der Waals surface area contributed by atoms with Crippen molar-refractivity contribution in [2.24, 2.45) is 0 Å². The van der Waals surface area contributed by atoms with Crippen LogP contribution in [0.2, 0.25) is 0 Å². The van der Waals surface area contributed by atoms with Crippen LogP contribution in [-0.2, 0) is 4.79 Å². The summed E-state index contributed by atoms with van der Waals surface area (Å²) in [6.07, 6.45) is -0.991. The maximum atomic E-state index is 11.1. The largest absolute Gasteiger partial charge is 0.465 e. The van der Waals surface area contributed by atoms with E-state index >= 15 is 0 Å². The Hall–Kier alpha value is -1.30. The molecule has 0 aromatic carbocycles. The first-order valence-corrected chi connectivity index (χ1v) is 5.46. The summed E-state index contributed by atoms with van der Waals surface area (Å²) >= 11 is 0. The van der Waals surface area contributed by atoms with Crippen molar-refractivity contribution in [2.45, 2.75) is 19.9 Å². The number of carbonyl (C=O) groups is 2. The molecule has 1 heterocycles. The van der Waals surface area contributed by atoms with Crippen LogP contribution in [0.4, 0.5) is 4.79 Å². The number of rotatable bonds is 3. The van der Waals surface area contributed by atoms with Crippen molar-refractivity contribution in [1.82, 2.24) is 15.1 Å². The molecule has 2 amide bonds. The first-order chi connectivity index (χ1) is 7.49. The molecule has 2 N–H and O–H groups in total. The summed E-state index contributed by atoms with van der Waals surface area (Å²) in [5.41, 5.74) is 0. The van der Waals surface area contributed by atoms with Gasteiger partial charge in [-0.2, -0.15) is 0 Å². The zero-order valence-corrected chi connectivity index (χ0v) is 9.77. The Bertz CT molecular complexity index is 262. The van der Waals surface area contributed by atoms with Crippen molar-refractivity contribution in [1.29, 1.82) is 0 Å². The number of carboxylic acid groups (broad SMARTS) is 1. The molecular weight excluding hydrogens is 210 g/mol. The highest BCUT2D eigenvalue weighted by atomic mass is 16.4. The molecule has 1 fully saturated rings. The number of nitrogens with one attached hydrogen (secondary N) is 1. The molecule has 16 heavy (non-hydrogen) atoms. The van der Waals surface area contributed by atoms with Gasteiger partial charge in [-0.3, -0.25) is 9.69 Å². The molecule has 0 radical (unpaired) electrons. The Kier molecular flexibility index (Phi) is 4.54. The van der Waals surface area contributed by atoms with Crippen LogP contribution in [0, 0.1) is 0 Å². The van der Waals surface area contributed by atoms with Gasteiger partial charge in [-0.15, -0.1) is 0 Å². The van der Waals surface area contributed by atoms with Gasteiger partial charge in [0.2, 0.25) is 5.91 Å². The SMILES string of the molecule is CC(=O)N1CCN(C[C@@H](C)NC(=O)O)CC1. The third-order valence-corrected chi connectivity index (χ3v) is 2.72. The van der Waals surface area contributed by atoms with Crippen molar-refractivity contribution < 1.29 is 14.7 Å². The Balaban J connectivity index is 2.26. The summed E-state index contributed by atoms with van der Waals surface area (Å²) in [4.78, 5) is 25.5. The quantitative estimate of drug-likeness (QED) is 0.703. The lowest BCUT2D eigenvalue weighted by atomic mass is 10.2. The summed E-state index contributed by atoms with van der Waals surface area (Å²) in [6, 6.07) is -0.0821. The van der Waals surface area contributed by atoms with Gasteiger partial charge in [-0.1, -0.05) is 0 Å². The van der Waals surface area contributed by atoms with Gasteiger partial charge in [0.15, 0.2) is 0 Å². The molecule has 1 aliphatic heterocycles. The van der Waals surface area contributed by atoms with Gasteiger partial charge in [-0.05, 0) is 6.92 Å². The Morgan fingerprint density at radius 3 is 2.31 bits per heavy atom. The van der Waals surface area contributed by atoms with Gasteiger partial charge in [-0.25, -0.2) is 4.79 Å². The number of carbonyl (C=O) groups excluding carboxylic acids is 1. The molecule has 0 aliphatic carbocycles. The highest BCUT2D eigenvalue weighted by molar-refractivity contribution is 5.73. The maximum Gasteiger partial charge on any atom is 0.404 e. The number of amides is 2. The highest BCUT2D eigenvalue weighted by Gasteiger charge is 2.20. The van der Waals surface area contributed by atoms with Crippen LogP contribution >= 0.6 is 0 Å². The summed E-state index contributed by atoms with van der Waals surface area (Å²) in [5.74, 6) is 0.108. The van der Waals surface area contributed by atoms with Crippen LogP contribution in [-0.4, -0.2) is 65.7 Å². The van der Waals surface area contributed by atoms with Crippen molar-refractivity contribution in [3.63, 3.8) is 0 Å². The lowest BCUT2D eigenvalue weighted by Gasteiger charge is -2.35. The highest BCUT2D eigenvalue weighted by Crippen LogP contribution is 2.02. The van der Waals surface area contributed by atoms with Gasteiger partial charge >= 0.3 is 6.09 Å². The van der Waals surface area contributed by atoms with Crippen LogP contribution in [0.3, 0.4) is 0 Å². The zero-order valence-electron chi connectivity index (χ0n) is 9.77. The van der Waals surface area contributed by atoms with Crippen LogP contribution in [0.15, 0.2) is 0 Å². The second-order valence-electron chi connectivity index (χ2n) is 4.16. The molecule has 1 rings (SSSR count). The van der Waals surface area contributed by atoms with Gasteiger partial charge in [0.05, 0.1) is 0 Å². The molecule has 1 aliphatic rings. The summed E-state index contributed by atoms with van der Waals surface area (Å²) in [6.45, 7) is 7.19. The van der Waals surface area contributed by atoms with E-state index in [1.807, 2.05) is 11.8 Å². The third kappa shape index (κ3) is 4.06. The molecule has 6 nitrogen and oxygen atoms in total. The fraction of sp³-hybridized carbons (Fsp3) is 0.800. The van der Waals surface area contributed by atoms with Crippen molar-refractivity contribution in [3.8, 4) is 0 Å². The van der Waals surface area contributed by atoms with Crippen LogP contribution < -0.4 is 5.32 Å². The lowest BCUT2D eigenvalue weighted by Crippen LogP contribution is -2.51. The standard InChI is InChI=1S/C10H19N3O3/c1-8(11-10(15)16)7-12-3-5-13(6-4-12)9(2)14/h8,11H,3-7H2,1-2H3,(H,15,16)/t8-/m1/s1. The van der Waals surface area contributed by atoms with Crippen LogP contribution in [0.1, 0.15) is 13.8 Å². The molecule has 0 unspecified atom stereocenters. The number of piperazine rings is 1. The molecule has 92 valence electrons. The van der Waals surface area contributed by atoms with Gasteiger partial charge in [0, 0.05) is 45.7 Å². The third-order valence-electron chi connectivity index (χ3n) is 2.72. The molecule has 0 spiro atoms. The fourth-order valence-corrected chi connectivity index (χ4v) is 1.89. The van der Waals surface area contributed by atoms with Gasteiger partial charge in [0.25, 0.3) is 0 Å². The van der Waals surface area contributed by atoms with Crippen LogP contribution in [0.5, 0.6) is 0 Å². The molecule has 0 aromatic rings. The molecule has 1 saturated heterocycles. The average Bonchev–Trinajstić information content (AvgIpc) is 2.16. The second kappa shape index (κ2) is 5.69. The van der Waals surface area contributed by atoms with Gasteiger partial charge < -0.3 is 15.3 Å². The van der Waals surface area contributed by atoms with E-state index < -0.39 is 6.09 Å². The second-order valence-corrected chi connectivity index (χ2v) is 4.16. The van der Waals surface area contributed by atoms with E-state index in [9.17, 15) is 9.59 Å². The fourth-order valence-electron chi connectivity index (χ4n) is 1.89. The molecule has 6 heteroatoms. The van der Waals surface area contributed by atoms with Crippen molar-refractivity contribution in [3.05, 3.63) is 0 Å². The minimum Gasteiger partial charge on any atom is -0.465 e. The Morgan fingerprint density at radius 2 is 1.88 bits per heavy atom. The van der Waals surface area contributed by atoms with Gasteiger partial charge in [0.1, 0.15) is 0 Å². The Labute approximate surface area is 95.2 Å². The summed E-state index contributed by atoms with van der Waals surface area (Å²) in [5, 5.41) is 11.0. The summed E-state index contributed by atoms with van der Waals surface area (Å²) < 4.78 is 0. The lowest BCUT2D eigenvalue weighted by molar-refractivity contribution is -0.130. The van der Waals surface area contributed by atoms with Crippen LogP contribution in [0.25, 0.3) is 0 Å². The predicted molar refractivity (Wildman–Crippen MR) is 59.3 cm³/mol. The number of nitrogens with zero attached hydrogens (tertiary/aromatic N) is 2. The summed E-state index contributed by atoms with van der Waals surface area (Å²) in [7, 11) is 0. The average molecular weight is 229 g/mol. The first-order valence-electron chi connectivity index (χ1n) is 5.46. The van der Waals surface area contributed by atoms with E-state index in [4.69, 9.17) is 5.11 Å². The molecule has 0 bridgehead atoms. The predicted octanol–water partition coefficient (Wildman–Crippen LogP) is -0.193. The maximum absolute atomic E-state index is 11.1. The smallest absolute Gasteiger partial charge is 0.404 e. The number of hydrogen-bond acceptors (Lipinski definition) is 3. The van der Waals surface area contributed by atoms with E-state index in [1.54, 1.807) is 6.92 Å². The van der Waals surface area contributed by atoms with Crippen molar-refractivity contribution >= 4 is 12.0 Å². The normalized spacial score (nSPS) is 19.2. The number of hydrogen-bond donors (Lipinski definition) is 2. The minimum atomic E-state index is -0.991. The van der Waals surface area contributed by atoms with E-state index in [0.717, 1.165) is 26.2 Å². The first kappa shape index (κ1) is 12.8. The van der Waals surface area contributed by atoms with E-state index in [0.29, 0.717) is 6.54 Å². The van der Waals surface area contributed by atoms with E-state index in [-0.39, 0.29) is 11.9 Å². The molecular formula is C10H19N3O3. The topological polar surface area (TPSA) is 72.9 Å².